The zero-order valence-corrected chi connectivity index (χ0v) is 23.6. The summed E-state index contributed by atoms with van der Waals surface area (Å²) in [5.74, 6) is 1.57. The number of halogens is 1. The molecule has 2 N–H and O–H groups in total. The number of aromatic nitrogens is 2. The summed E-state index contributed by atoms with van der Waals surface area (Å²) in [5, 5.41) is 3.58. The molecule has 8 heteroatoms. The van der Waals surface area contributed by atoms with Crippen LogP contribution in [0.15, 0.2) is 72.8 Å². The van der Waals surface area contributed by atoms with E-state index >= 15 is 0 Å². The van der Waals surface area contributed by atoms with Gasteiger partial charge < -0.3 is 24.8 Å². The second-order valence-corrected chi connectivity index (χ2v) is 11.5. The third kappa shape index (κ3) is 6.07. The molecular formula is C33H38FN5O2. The van der Waals surface area contributed by atoms with Gasteiger partial charge in [-0.05, 0) is 74.5 Å². The summed E-state index contributed by atoms with van der Waals surface area (Å²) >= 11 is 0. The predicted octanol–water partition coefficient (Wildman–Crippen LogP) is 5.64. The van der Waals surface area contributed by atoms with E-state index in [-0.39, 0.29) is 11.7 Å². The summed E-state index contributed by atoms with van der Waals surface area (Å²) in [7, 11) is 1.67. The van der Waals surface area contributed by atoms with Crippen LogP contribution in [0.4, 0.5) is 10.3 Å². The maximum Gasteiger partial charge on any atom is 0.229 e. The molecule has 4 aromatic rings. The van der Waals surface area contributed by atoms with Gasteiger partial charge in [-0.3, -0.25) is 4.79 Å². The van der Waals surface area contributed by atoms with Crippen LogP contribution in [-0.4, -0.2) is 65.0 Å². The highest BCUT2D eigenvalue weighted by Crippen LogP contribution is 2.40. The van der Waals surface area contributed by atoms with Crippen LogP contribution >= 0.6 is 0 Å². The lowest BCUT2D eigenvalue weighted by atomic mass is 9.77. The van der Waals surface area contributed by atoms with E-state index in [2.05, 4.69) is 20.2 Å². The number of imidazole rings is 1. The standard InChI is InChI=1S/C33H38FN5O2/c1-41-30-9-5-2-6-25(30)23-39-21-17-33(31(39)40,22-24-10-12-26(34)13-11-24)16-20-38-18-14-27(15-19-38)35-32-36-28-7-3-4-8-29(28)37-32/h2-13,27H,14-23H2,1H3,(H2,35,36,37). The third-order valence-electron chi connectivity index (χ3n) is 8.84. The first kappa shape index (κ1) is 27.3. The maximum absolute atomic E-state index is 14.1. The molecule has 3 aromatic carbocycles. The maximum atomic E-state index is 14.1. The Kier molecular flexibility index (Phi) is 7.92. The van der Waals surface area contributed by atoms with Gasteiger partial charge >= 0.3 is 0 Å². The van der Waals surface area contributed by atoms with Crippen LogP contribution in [0, 0.1) is 11.2 Å². The van der Waals surface area contributed by atoms with Crippen molar-refractivity contribution in [3.63, 3.8) is 0 Å². The van der Waals surface area contributed by atoms with Crippen LogP contribution in [-0.2, 0) is 17.8 Å². The number of anilines is 1. The fourth-order valence-corrected chi connectivity index (χ4v) is 6.45. The molecule has 2 saturated heterocycles. The van der Waals surface area contributed by atoms with Crippen molar-refractivity contribution in [2.75, 3.05) is 38.6 Å². The third-order valence-corrected chi connectivity index (χ3v) is 8.84. The molecule has 0 bridgehead atoms. The number of hydrogen-bond acceptors (Lipinski definition) is 5. The Bertz CT molecular complexity index is 1450. The number of carbonyl (C=O) groups excluding carboxylic acids is 1. The number of fused-ring (bicyclic) bond motifs is 1. The number of piperidine rings is 1. The van der Waals surface area contributed by atoms with E-state index in [1.54, 1.807) is 7.11 Å². The molecule has 2 aliphatic heterocycles. The van der Waals surface area contributed by atoms with Gasteiger partial charge in [0.2, 0.25) is 11.9 Å². The second-order valence-electron chi connectivity index (χ2n) is 11.5. The number of nitrogens with zero attached hydrogens (tertiary/aromatic N) is 3. The summed E-state index contributed by atoms with van der Waals surface area (Å²) in [4.78, 5) is 26.6. The number of amides is 1. The zero-order valence-electron chi connectivity index (χ0n) is 23.6. The lowest BCUT2D eigenvalue weighted by Crippen LogP contribution is -2.43. The van der Waals surface area contributed by atoms with Crippen molar-refractivity contribution in [1.29, 1.82) is 0 Å². The van der Waals surface area contributed by atoms with Gasteiger partial charge in [-0.15, -0.1) is 0 Å². The monoisotopic (exact) mass is 555 g/mol. The molecule has 1 aromatic heterocycles. The van der Waals surface area contributed by atoms with E-state index in [4.69, 9.17) is 4.74 Å². The van der Waals surface area contributed by atoms with Gasteiger partial charge in [0.05, 0.1) is 23.6 Å². The van der Waals surface area contributed by atoms with Gasteiger partial charge in [-0.2, -0.15) is 0 Å². The van der Waals surface area contributed by atoms with Crippen LogP contribution in [0.1, 0.15) is 36.8 Å². The number of nitrogens with one attached hydrogen (secondary N) is 2. The van der Waals surface area contributed by atoms with Gasteiger partial charge in [0, 0.05) is 37.8 Å². The summed E-state index contributed by atoms with van der Waals surface area (Å²) in [6.45, 7) is 4.06. The highest BCUT2D eigenvalue weighted by atomic mass is 19.1. The number of likely N-dealkylation sites (tertiary alicyclic amines) is 2. The Morgan fingerprint density at radius 3 is 2.56 bits per heavy atom. The number of carbonyl (C=O) groups is 1. The van der Waals surface area contributed by atoms with E-state index in [9.17, 15) is 9.18 Å². The fourth-order valence-electron chi connectivity index (χ4n) is 6.45. The summed E-state index contributed by atoms with van der Waals surface area (Å²) in [6, 6.07) is 23.0. The van der Waals surface area contributed by atoms with Crippen molar-refractivity contribution in [3.8, 4) is 5.75 Å². The minimum atomic E-state index is -0.497. The Balaban J connectivity index is 1.10. The predicted molar refractivity (Wildman–Crippen MR) is 159 cm³/mol. The molecule has 0 aliphatic carbocycles. The van der Waals surface area contributed by atoms with Gasteiger partial charge in [0.1, 0.15) is 11.6 Å². The van der Waals surface area contributed by atoms with Crippen molar-refractivity contribution in [2.24, 2.45) is 5.41 Å². The smallest absolute Gasteiger partial charge is 0.229 e. The molecule has 1 atom stereocenters. The summed E-state index contributed by atoms with van der Waals surface area (Å²) in [5.41, 5.74) is 3.54. The Morgan fingerprint density at radius 2 is 1.78 bits per heavy atom. The van der Waals surface area contributed by atoms with Crippen LogP contribution in [0.25, 0.3) is 11.0 Å². The Labute approximate surface area is 240 Å². The lowest BCUT2D eigenvalue weighted by Gasteiger charge is -2.35. The van der Waals surface area contributed by atoms with E-state index in [1.165, 1.54) is 12.1 Å². The lowest BCUT2D eigenvalue weighted by molar-refractivity contribution is -0.137. The number of ether oxygens (including phenoxy) is 1. The van der Waals surface area contributed by atoms with E-state index in [0.717, 1.165) is 79.2 Å². The van der Waals surface area contributed by atoms with E-state index in [1.807, 2.05) is 65.6 Å². The molecule has 0 radical (unpaired) electrons. The number of methoxy groups -OCH3 is 1. The normalized spacial score (nSPS) is 20.1. The van der Waals surface area contributed by atoms with Gasteiger partial charge in [0.25, 0.3) is 0 Å². The molecule has 7 nitrogen and oxygen atoms in total. The Hall–Kier alpha value is -3.91. The van der Waals surface area contributed by atoms with Crippen LogP contribution in [0.5, 0.6) is 5.75 Å². The summed E-state index contributed by atoms with van der Waals surface area (Å²) in [6.07, 6.45) is 4.25. The van der Waals surface area contributed by atoms with Crippen LogP contribution in [0.2, 0.25) is 0 Å². The molecule has 2 fully saturated rings. The molecule has 41 heavy (non-hydrogen) atoms. The average molecular weight is 556 g/mol. The largest absolute Gasteiger partial charge is 0.496 e. The number of para-hydroxylation sites is 3. The Morgan fingerprint density at radius 1 is 1.02 bits per heavy atom. The highest BCUT2D eigenvalue weighted by molar-refractivity contribution is 5.85. The summed E-state index contributed by atoms with van der Waals surface area (Å²) < 4.78 is 19.2. The molecule has 2 aliphatic rings. The SMILES string of the molecule is COc1ccccc1CN1CCC(CCN2CCC(Nc3nc4ccccc4[nH]3)CC2)(Cc2ccc(F)cc2)C1=O. The van der Waals surface area contributed by atoms with E-state index < -0.39 is 5.41 Å². The van der Waals surface area contributed by atoms with Crippen molar-refractivity contribution in [3.05, 3.63) is 89.7 Å². The van der Waals surface area contributed by atoms with Crippen molar-refractivity contribution >= 4 is 22.9 Å². The first-order valence-corrected chi connectivity index (χ1v) is 14.6. The number of H-pyrrole nitrogens is 1. The quantitative estimate of drug-likeness (QED) is 0.265. The van der Waals surface area contributed by atoms with Gasteiger partial charge in [-0.1, -0.05) is 42.5 Å². The second kappa shape index (κ2) is 11.9. The van der Waals surface area contributed by atoms with Crippen molar-refractivity contribution in [2.45, 2.75) is 44.7 Å². The molecular weight excluding hydrogens is 517 g/mol. The van der Waals surface area contributed by atoms with Crippen molar-refractivity contribution in [1.82, 2.24) is 19.8 Å². The number of aromatic amines is 1. The zero-order chi connectivity index (χ0) is 28.2. The molecule has 3 heterocycles. The van der Waals surface area contributed by atoms with Gasteiger partial charge in [-0.25, -0.2) is 9.37 Å². The molecule has 0 spiro atoms. The first-order chi connectivity index (χ1) is 20.0. The average Bonchev–Trinajstić information content (AvgIpc) is 3.54. The number of benzene rings is 3. The minimum Gasteiger partial charge on any atom is -0.496 e. The van der Waals surface area contributed by atoms with E-state index in [0.29, 0.717) is 25.6 Å². The molecule has 6 rings (SSSR count). The molecule has 0 saturated carbocycles. The minimum absolute atomic E-state index is 0.189. The van der Waals surface area contributed by atoms with Crippen LogP contribution in [0.3, 0.4) is 0 Å². The first-order valence-electron chi connectivity index (χ1n) is 14.6. The molecule has 1 unspecified atom stereocenters. The van der Waals surface area contributed by atoms with Crippen molar-refractivity contribution < 1.29 is 13.9 Å². The molecule has 1 amide bonds. The topological polar surface area (TPSA) is 73.5 Å². The van der Waals surface area contributed by atoms with Gasteiger partial charge in [0.15, 0.2) is 0 Å². The number of hydrogen-bond donors (Lipinski definition) is 2. The highest BCUT2D eigenvalue weighted by Gasteiger charge is 2.46. The van der Waals surface area contributed by atoms with Crippen LogP contribution < -0.4 is 10.1 Å². The number of rotatable bonds is 10. The molecule has 214 valence electrons. The fraction of sp³-hybridized carbons (Fsp3) is 0.394.